The Labute approximate surface area is 177 Å². The Hall–Kier alpha value is -2.44. The van der Waals surface area contributed by atoms with Crippen molar-refractivity contribution >= 4 is 29.9 Å². The van der Waals surface area contributed by atoms with Gasteiger partial charge >= 0.3 is 0 Å². The molecule has 2 aromatic rings. The maximum atomic E-state index is 14.4. The van der Waals surface area contributed by atoms with Crippen molar-refractivity contribution in [2.75, 3.05) is 25.0 Å². The average molecular weight is 422 g/mol. The van der Waals surface area contributed by atoms with Crippen LogP contribution in [0.4, 0.5) is 10.1 Å². The van der Waals surface area contributed by atoms with E-state index in [4.69, 9.17) is 5.73 Å². The molecule has 29 heavy (non-hydrogen) atoms. The fourth-order valence-corrected chi connectivity index (χ4v) is 2.64. The summed E-state index contributed by atoms with van der Waals surface area (Å²) in [6.07, 6.45) is 0.647. The second-order valence-electron chi connectivity index (χ2n) is 7.72. The van der Waals surface area contributed by atoms with Gasteiger partial charge in [0.25, 0.3) is 5.91 Å². The molecule has 0 heterocycles. The van der Waals surface area contributed by atoms with Crippen molar-refractivity contribution in [1.29, 1.82) is 0 Å². The van der Waals surface area contributed by atoms with E-state index in [9.17, 15) is 14.0 Å². The number of nitrogens with two attached hydrogens (primary N) is 1. The Balaban J connectivity index is 0.00000420. The van der Waals surface area contributed by atoms with Gasteiger partial charge in [0.1, 0.15) is 5.82 Å². The fourth-order valence-electron chi connectivity index (χ4n) is 2.64. The third kappa shape index (κ3) is 7.15. The van der Waals surface area contributed by atoms with Crippen LogP contribution >= 0.6 is 12.4 Å². The lowest BCUT2D eigenvalue weighted by molar-refractivity contribution is -0.123. The Morgan fingerprint density at radius 1 is 1.07 bits per heavy atom. The molecule has 0 aromatic heterocycles. The van der Waals surface area contributed by atoms with Crippen molar-refractivity contribution in [2.24, 2.45) is 11.1 Å². The normalized spacial score (nSPS) is 10.8. The van der Waals surface area contributed by atoms with Gasteiger partial charge in [-0.1, -0.05) is 51.1 Å². The molecule has 0 aliphatic carbocycles. The van der Waals surface area contributed by atoms with Crippen LogP contribution in [0.3, 0.4) is 0 Å². The van der Waals surface area contributed by atoms with Crippen LogP contribution in [0.1, 0.15) is 36.7 Å². The molecule has 3 N–H and O–H groups in total. The number of nitrogens with one attached hydrogen (secondary N) is 1. The minimum absolute atomic E-state index is 0. The zero-order valence-corrected chi connectivity index (χ0v) is 17.9. The van der Waals surface area contributed by atoms with Gasteiger partial charge in [0, 0.05) is 30.7 Å². The van der Waals surface area contributed by atoms with Crippen LogP contribution in [0.25, 0.3) is 0 Å². The van der Waals surface area contributed by atoms with E-state index in [0.717, 1.165) is 5.56 Å². The van der Waals surface area contributed by atoms with Gasteiger partial charge in [-0.3, -0.25) is 9.59 Å². The molecule has 2 amide bonds. The van der Waals surface area contributed by atoms with Crippen molar-refractivity contribution in [3.8, 4) is 0 Å². The number of hydrogen-bond acceptors (Lipinski definition) is 3. The van der Waals surface area contributed by atoms with Crippen LogP contribution in [-0.4, -0.2) is 36.3 Å². The molecule has 0 bridgehead atoms. The van der Waals surface area contributed by atoms with E-state index in [1.807, 2.05) is 30.3 Å². The summed E-state index contributed by atoms with van der Waals surface area (Å²) in [5, 5.41) is 2.73. The van der Waals surface area contributed by atoms with Crippen molar-refractivity contribution < 1.29 is 14.0 Å². The third-order valence-electron chi connectivity index (χ3n) is 4.34. The first-order valence-corrected chi connectivity index (χ1v) is 9.36. The highest BCUT2D eigenvalue weighted by Crippen LogP contribution is 2.21. The first-order chi connectivity index (χ1) is 13.2. The monoisotopic (exact) mass is 421 g/mol. The molecule has 0 saturated carbocycles. The number of hydrogen-bond donors (Lipinski definition) is 2. The van der Waals surface area contributed by atoms with Gasteiger partial charge in [0.15, 0.2) is 0 Å². The van der Waals surface area contributed by atoms with Crippen LogP contribution < -0.4 is 11.1 Å². The molecule has 0 spiro atoms. The van der Waals surface area contributed by atoms with Gasteiger partial charge in [-0.05, 0) is 30.2 Å². The van der Waals surface area contributed by atoms with E-state index >= 15 is 0 Å². The highest BCUT2D eigenvalue weighted by atomic mass is 35.5. The van der Waals surface area contributed by atoms with Gasteiger partial charge in [0.2, 0.25) is 5.91 Å². The highest BCUT2D eigenvalue weighted by Gasteiger charge is 2.23. The summed E-state index contributed by atoms with van der Waals surface area (Å²) in [6, 6.07) is 13.8. The van der Waals surface area contributed by atoms with Gasteiger partial charge in [-0.2, -0.15) is 0 Å². The molecule has 5 nitrogen and oxygen atoms in total. The lowest BCUT2D eigenvalue weighted by Crippen LogP contribution is -2.37. The number of amides is 2. The van der Waals surface area contributed by atoms with Gasteiger partial charge in [-0.15, -0.1) is 12.4 Å². The summed E-state index contributed by atoms with van der Waals surface area (Å²) >= 11 is 0. The first kappa shape index (κ1) is 24.6. The standard InChI is InChI=1S/C22H28FN3O2.ClH/c1-22(2,3)21(28)25-17-9-10-19(23)18(15-17)20(27)26(14-12-24)13-11-16-7-5-4-6-8-16;/h4-10,15H,11-14,24H2,1-3H3,(H,25,28);1H. The number of anilines is 1. The van der Waals surface area contributed by atoms with Crippen LogP contribution in [0.2, 0.25) is 0 Å². The van der Waals surface area contributed by atoms with Crippen molar-refractivity contribution in [1.82, 2.24) is 4.90 Å². The molecule has 0 atom stereocenters. The Morgan fingerprint density at radius 2 is 1.72 bits per heavy atom. The van der Waals surface area contributed by atoms with Crippen molar-refractivity contribution in [2.45, 2.75) is 27.2 Å². The Morgan fingerprint density at radius 3 is 2.31 bits per heavy atom. The van der Waals surface area contributed by atoms with E-state index < -0.39 is 17.1 Å². The van der Waals surface area contributed by atoms with Crippen molar-refractivity contribution in [3.05, 3.63) is 65.5 Å². The molecule has 7 heteroatoms. The lowest BCUT2D eigenvalue weighted by Gasteiger charge is -2.23. The van der Waals surface area contributed by atoms with E-state index in [-0.39, 0.29) is 30.4 Å². The fraction of sp³-hybridized carbons (Fsp3) is 0.364. The number of carbonyl (C=O) groups is 2. The Bertz CT molecular complexity index is 823. The number of rotatable bonds is 7. The molecule has 2 aromatic carbocycles. The number of carbonyl (C=O) groups excluding carboxylic acids is 2. The zero-order valence-electron chi connectivity index (χ0n) is 17.1. The van der Waals surface area contributed by atoms with E-state index in [2.05, 4.69) is 5.32 Å². The smallest absolute Gasteiger partial charge is 0.256 e. The summed E-state index contributed by atoms with van der Waals surface area (Å²) < 4.78 is 14.4. The van der Waals surface area contributed by atoms with Crippen molar-refractivity contribution in [3.63, 3.8) is 0 Å². The Kier molecular flexibility index (Phi) is 9.27. The summed E-state index contributed by atoms with van der Waals surface area (Å²) in [6.45, 7) is 6.38. The SMILES string of the molecule is CC(C)(C)C(=O)Nc1ccc(F)c(C(=O)N(CCN)CCc2ccccc2)c1.Cl. The lowest BCUT2D eigenvalue weighted by atomic mass is 9.95. The molecule has 0 radical (unpaired) electrons. The van der Waals surface area contributed by atoms with Gasteiger partial charge < -0.3 is 16.0 Å². The number of halogens is 2. The van der Waals surface area contributed by atoms with Gasteiger partial charge in [-0.25, -0.2) is 4.39 Å². The van der Waals surface area contributed by atoms with Crippen LogP contribution in [0.5, 0.6) is 0 Å². The maximum absolute atomic E-state index is 14.4. The molecule has 158 valence electrons. The van der Waals surface area contributed by atoms with E-state index in [1.165, 1.54) is 18.2 Å². The molecule has 0 fully saturated rings. The summed E-state index contributed by atoms with van der Waals surface area (Å²) in [5.74, 6) is -1.27. The predicted octanol–water partition coefficient (Wildman–Crippen LogP) is 3.88. The van der Waals surface area contributed by atoms with E-state index in [1.54, 1.807) is 25.7 Å². The zero-order chi connectivity index (χ0) is 20.7. The summed E-state index contributed by atoms with van der Waals surface area (Å²) in [7, 11) is 0. The summed E-state index contributed by atoms with van der Waals surface area (Å²) in [4.78, 5) is 26.7. The maximum Gasteiger partial charge on any atom is 0.256 e. The number of benzene rings is 2. The minimum Gasteiger partial charge on any atom is -0.337 e. The predicted molar refractivity (Wildman–Crippen MR) is 117 cm³/mol. The largest absolute Gasteiger partial charge is 0.337 e. The first-order valence-electron chi connectivity index (χ1n) is 9.36. The molecular formula is C22H29ClFN3O2. The highest BCUT2D eigenvalue weighted by molar-refractivity contribution is 5.98. The minimum atomic E-state index is -0.625. The third-order valence-corrected chi connectivity index (χ3v) is 4.34. The quantitative estimate of drug-likeness (QED) is 0.712. The second-order valence-corrected chi connectivity index (χ2v) is 7.72. The van der Waals surface area contributed by atoms with Crippen LogP contribution in [0.15, 0.2) is 48.5 Å². The van der Waals surface area contributed by atoms with E-state index in [0.29, 0.717) is 25.2 Å². The molecule has 0 aliphatic heterocycles. The van der Waals surface area contributed by atoms with Crippen LogP contribution in [-0.2, 0) is 11.2 Å². The molecule has 0 aliphatic rings. The van der Waals surface area contributed by atoms with Gasteiger partial charge in [0.05, 0.1) is 5.56 Å². The summed E-state index contributed by atoms with van der Waals surface area (Å²) in [5.41, 5.74) is 6.45. The topological polar surface area (TPSA) is 75.4 Å². The average Bonchev–Trinajstić information content (AvgIpc) is 2.66. The molecular weight excluding hydrogens is 393 g/mol. The molecule has 2 rings (SSSR count). The van der Waals surface area contributed by atoms with Crippen LogP contribution in [0, 0.1) is 11.2 Å². The second kappa shape index (κ2) is 10.9. The molecule has 0 saturated heterocycles. The number of nitrogens with zero attached hydrogens (tertiary/aromatic N) is 1. The molecule has 0 unspecified atom stereocenters.